The number of hydrogen-bond donors (Lipinski definition) is 3. The molecule has 1 unspecified atom stereocenters. The molecule has 0 saturated carbocycles. The lowest BCUT2D eigenvalue weighted by Gasteiger charge is -2.11. The van der Waals surface area contributed by atoms with Crippen molar-refractivity contribution < 1.29 is 9.59 Å². The summed E-state index contributed by atoms with van der Waals surface area (Å²) in [5, 5.41) is 13.5. The van der Waals surface area contributed by atoms with Crippen LogP contribution in [0.4, 0.5) is 5.82 Å². The van der Waals surface area contributed by atoms with E-state index in [-0.39, 0.29) is 24.3 Å². The van der Waals surface area contributed by atoms with Crippen LogP contribution >= 0.6 is 0 Å². The minimum atomic E-state index is -0.302. The summed E-state index contributed by atoms with van der Waals surface area (Å²) in [4.78, 5) is 24.2. The van der Waals surface area contributed by atoms with E-state index < -0.39 is 0 Å². The second-order valence-corrected chi connectivity index (χ2v) is 5.48. The number of benzene rings is 2. The molecule has 23 heavy (non-hydrogen) atoms. The maximum absolute atomic E-state index is 12.3. The van der Waals surface area contributed by atoms with Gasteiger partial charge in [-0.1, -0.05) is 30.3 Å². The van der Waals surface area contributed by atoms with Crippen LogP contribution in [0.3, 0.4) is 0 Å². The average Bonchev–Trinajstić information content (AvgIpc) is 3.10. The molecule has 1 aliphatic rings. The van der Waals surface area contributed by atoms with Crippen LogP contribution in [0.2, 0.25) is 0 Å². The van der Waals surface area contributed by atoms with E-state index in [2.05, 4.69) is 20.8 Å². The summed E-state index contributed by atoms with van der Waals surface area (Å²) >= 11 is 0. The zero-order valence-electron chi connectivity index (χ0n) is 12.2. The molecule has 2 aromatic carbocycles. The Morgan fingerprint density at radius 1 is 1.13 bits per heavy atom. The van der Waals surface area contributed by atoms with Crippen LogP contribution in [0.1, 0.15) is 28.4 Å². The second-order valence-electron chi connectivity index (χ2n) is 5.48. The van der Waals surface area contributed by atoms with Gasteiger partial charge in [0.15, 0.2) is 5.82 Å². The molecule has 2 heterocycles. The van der Waals surface area contributed by atoms with Crippen molar-refractivity contribution in [2.45, 2.75) is 12.5 Å². The van der Waals surface area contributed by atoms with Crippen LogP contribution in [-0.2, 0) is 4.79 Å². The molecule has 0 aliphatic carbocycles. The summed E-state index contributed by atoms with van der Waals surface area (Å²) in [5.41, 5.74) is 2.36. The Hall–Kier alpha value is -3.15. The van der Waals surface area contributed by atoms with Crippen molar-refractivity contribution in [3.8, 4) is 0 Å². The number of aromatic amines is 1. The fraction of sp³-hybridized carbons (Fsp3) is 0.118. The Labute approximate surface area is 131 Å². The Balaban J connectivity index is 1.52. The number of anilines is 1. The predicted molar refractivity (Wildman–Crippen MR) is 86.0 cm³/mol. The van der Waals surface area contributed by atoms with Gasteiger partial charge in [-0.2, -0.15) is 5.10 Å². The lowest BCUT2D eigenvalue weighted by atomic mass is 10.0. The van der Waals surface area contributed by atoms with Crippen molar-refractivity contribution in [3.63, 3.8) is 0 Å². The number of nitrogens with one attached hydrogen (secondary N) is 3. The van der Waals surface area contributed by atoms with Gasteiger partial charge in [0, 0.05) is 10.9 Å². The van der Waals surface area contributed by atoms with E-state index in [0.717, 1.165) is 16.5 Å². The SMILES string of the molecule is O=C(CC1NC(=O)c2ccccc21)Nc1n[nH]c2ccccc12. The first-order valence-corrected chi connectivity index (χ1v) is 7.35. The zero-order valence-corrected chi connectivity index (χ0v) is 12.2. The smallest absolute Gasteiger partial charge is 0.252 e. The summed E-state index contributed by atoms with van der Waals surface area (Å²) in [6, 6.07) is 14.6. The Bertz CT molecular complexity index is 916. The Morgan fingerprint density at radius 2 is 1.91 bits per heavy atom. The van der Waals surface area contributed by atoms with Gasteiger partial charge in [0.05, 0.1) is 18.0 Å². The summed E-state index contributed by atoms with van der Waals surface area (Å²) in [5.74, 6) is 0.177. The van der Waals surface area contributed by atoms with Gasteiger partial charge in [0.1, 0.15) is 0 Å². The van der Waals surface area contributed by atoms with E-state index in [9.17, 15) is 9.59 Å². The number of para-hydroxylation sites is 1. The average molecular weight is 306 g/mol. The number of aromatic nitrogens is 2. The first-order chi connectivity index (χ1) is 11.2. The van der Waals surface area contributed by atoms with Gasteiger partial charge in [0.25, 0.3) is 5.91 Å². The van der Waals surface area contributed by atoms with Crippen molar-refractivity contribution in [3.05, 3.63) is 59.7 Å². The van der Waals surface area contributed by atoms with Crippen LogP contribution in [0.25, 0.3) is 10.9 Å². The molecule has 3 N–H and O–H groups in total. The van der Waals surface area contributed by atoms with Crippen molar-refractivity contribution >= 4 is 28.5 Å². The number of H-pyrrole nitrogens is 1. The molecular weight excluding hydrogens is 292 g/mol. The monoisotopic (exact) mass is 306 g/mol. The van der Waals surface area contributed by atoms with Crippen molar-refractivity contribution in [2.75, 3.05) is 5.32 Å². The first-order valence-electron chi connectivity index (χ1n) is 7.35. The highest BCUT2D eigenvalue weighted by Crippen LogP contribution is 2.28. The molecule has 1 aliphatic heterocycles. The first kappa shape index (κ1) is 13.5. The Morgan fingerprint density at radius 3 is 2.83 bits per heavy atom. The van der Waals surface area contributed by atoms with Gasteiger partial charge in [0.2, 0.25) is 5.91 Å². The normalized spacial score (nSPS) is 16.2. The van der Waals surface area contributed by atoms with Crippen LogP contribution in [0.15, 0.2) is 48.5 Å². The molecule has 0 bridgehead atoms. The maximum Gasteiger partial charge on any atom is 0.252 e. The van der Waals surface area contributed by atoms with Crippen molar-refractivity contribution in [1.29, 1.82) is 0 Å². The maximum atomic E-state index is 12.3. The minimum Gasteiger partial charge on any atom is -0.345 e. The van der Waals surface area contributed by atoms with Crippen LogP contribution in [0, 0.1) is 0 Å². The van der Waals surface area contributed by atoms with Crippen molar-refractivity contribution in [2.24, 2.45) is 0 Å². The fourth-order valence-electron chi connectivity index (χ4n) is 2.91. The zero-order chi connectivity index (χ0) is 15.8. The van der Waals surface area contributed by atoms with E-state index in [1.165, 1.54) is 0 Å². The lowest BCUT2D eigenvalue weighted by molar-refractivity contribution is -0.116. The van der Waals surface area contributed by atoms with E-state index in [0.29, 0.717) is 11.4 Å². The minimum absolute atomic E-state index is 0.136. The van der Waals surface area contributed by atoms with Gasteiger partial charge in [-0.05, 0) is 23.8 Å². The highest BCUT2D eigenvalue weighted by molar-refractivity contribution is 6.02. The lowest BCUT2D eigenvalue weighted by Crippen LogP contribution is -2.24. The number of hydrogen-bond acceptors (Lipinski definition) is 3. The molecule has 1 aromatic heterocycles. The molecule has 0 saturated heterocycles. The van der Waals surface area contributed by atoms with Crippen LogP contribution in [-0.4, -0.2) is 22.0 Å². The molecule has 6 heteroatoms. The van der Waals surface area contributed by atoms with Crippen LogP contribution < -0.4 is 10.6 Å². The number of carbonyl (C=O) groups excluding carboxylic acids is 2. The number of nitrogens with zero attached hydrogens (tertiary/aromatic N) is 1. The van der Waals surface area contributed by atoms with Crippen molar-refractivity contribution in [1.82, 2.24) is 15.5 Å². The van der Waals surface area contributed by atoms with E-state index >= 15 is 0 Å². The number of rotatable bonds is 3. The number of amides is 2. The number of fused-ring (bicyclic) bond motifs is 2. The summed E-state index contributed by atoms with van der Waals surface area (Å²) < 4.78 is 0. The highest BCUT2D eigenvalue weighted by Gasteiger charge is 2.29. The molecule has 3 aromatic rings. The molecule has 6 nitrogen and oxygen atoms in total. The van der Waals surface area contributed by atoms with E-state index in [1.54, 1.807) is 6.07 Å². The third-order valence-electron chi connectivity index (χ3n) is 4.00. The summed E-state index contributed by atoms with van der Waals surface area (Å²) in [6.07, 6.45) is 0.171. The largest absolute Gasteiger partial charge is 0.345 e. The van der Waals surface area contributed by atoms with E-state index in [1.807, 2.05) is 42.5 Å². The second kappa shape index (κ2) is 5.24. The van der Waals surface area contributed by atoms with Gasteiger partial charge in [-0.15, -0.1) is 0 Å². The third-order valence-corrected chi connectivity index (χ3v) is 4.00. The molecule has 114 valence electrons. The summed E-state index contributed by atoms with van der Waals surface area (Å²) in [7, 11) is 0. The molecule has 0 radical (unpaired) electrons. The number of carbonyl (C=O) groups is 2. The summed E-state index contributed by atoms with van der Waals surface area (Å²) in [6.45, 7) is 0. The van der Waals surface area contributed by atoms with E-state index in [4.69, 9.17) is 0 Å². The van der Waals surface area contributed by atoms with Gasteiger partial charge < -0.3 is 10.6 Å². The molecule has 0 fully saturated rings. The molecule has 4 rings (SSSR count). The molecule has 1 atom stereocenters. The van der Waals surface area contributed by atoms with Crippen LogP contribution in [0.5, 0.6) is 0 Å². The fourth-order valence-corrected chi connectivity index (χ4v) is 2.91. The van der Waals surface area contributed by atoms with Gasteiger partial charge >= 0.3 is 0 Å². The highest BCUT2D eigenvalue weighted by atomic mass is 16.2. The van der Waals surface area contributed by atoms with Gasteiger partial charge in [-0.3, -0.25) is 14.7 Å². The van der Waals surface area contributed by atoms with Gasteiger partial charge in [-0.25, -0.2) is 0 Å². The quantitative estimate of drug-likeness (QED) is 0.694. The Kier molecular flexibility index (Phi) is 3.08. The third kappa shape index (κ3) is 2.34. The molecule has 2 amide bonds. The standard InChI is InChI=1S/C17H14N4O2/c22-15(19-16-12-7-3-4-8-13(12)20-21-16)9-14-10-5-1-2-6-11(10)17(23)18-14/h1-8,14H,9H2,(H,18,23)(H2,19,20,21,22). The molecular formula is C17H14N4O2. The topological polar surface area (TPSA) is 86.9 Å². The predicted octanol–water partition coefficient (Wildman–Crippen LogP) is 2.38. The molecule has 0 spiro atoms.